The maximum Gasteiger partial charge on any atom is 0.278 e. The van der Waals surface area contributed by atoms with Gasteiger partial charge in [-0.1, -0.05) is 12.1 Å². The molecule has 1 aromatic rings. The van der Waals surface area contributed by atoms with Crippen molar-refractivity contribution in [3.05, 3.63) is 35.4 Å². The summed E-state index contributed by atoms with van der Waals surface area (Å²) in [5.74, 6) is -0.0278. The van der Waals surface area contributed by atoms with Crippen LogP contribution in [0.3, 0.4) is 0 Å². The van der Waals surface area contributed by atoms with E-state index in [0.717, 1.165) is 17.0 Å². The first-order valence-corrected chi connectivity index (χ1v) is 6.90. The summed E-state index contributed by atoms with van der Waals surface area (Å²) in [5.41, 5.74) is 1.75. The number of amides is 2. The summed E-state index contributed by atoms with van der Waals surface area (Å²) in [6.07, 6.45) is 0. The molecule has 0 aliphatic rings. The van der Waals surface area contributed by atoms with Crippen LogP contribution < -0.4 is 15.5 Å². The highest BCUT2D eigenvalue weighted by atomic mass is 16.2. The summed E-state index contributed by atoms with van der Waals surface area (Å²) in [7, 11) is 3.61. The molecule has 1 unspecified atom stereocenters. The van der Waals surface area contributed by atoms with Crippen LogP contribution in [0.15, 0.2) is 24.3 Å². The third kappa shape index (κ3) is 4.35. The number of hydrogen-bond acceptors (Lipinski definition) is 2. The Bertz CT molecular complexity index is 457. The summed E-state index contributed by atoms with van der Waals surface area (Å²) in [4.78, 5) is 24.3. The van der Waals surface area contributed by atoms with Gasteiger partial charge in [0.1, 0.15) is 6.54 Å². The van der Waals surface area contributed by atoms with E-state index in [2.05, 4.69) is 10.6 Å². The van der Waals surface area contributed by atoms with Gasteiger partial charge in [-0.3, -0.25) is 9.59 Å². The van der Waals surface area contributed by atoms with Crippen LogP contribution in [-0.2, 0) is 11.3 Å². The van der Waals surface area contributed by atoms with Crippen molar-refractivity contribution in [2.24, 2.45) is 0 Å². The molecule has 110 valence electrons. The summed E-state index contributed by atoms with van der Waals surface area (Å²) in [5, 5.41) is 5.42. The average molecular weight is 278 g/mol. The molecule has 0 aliphatic carbocycles. The molecular formula is C15H24N3O2+. The van der Waals surface area contributed by atoms with Crippen LogP contribution in [0, 0.1) is 0 Å². The molecule has 5 nitrogen and oxygen atoms in total. The predicted molar refractivity (Wildman–Crippen MR) is 78.6 cm³/mol. The second-order valence-corrected chi connectivity index (χ2v) is 4.92. The SMILES string of the molecule is CCNC(=O)[C@H](C)[NH+](C)Cc1ccc(C(=O)NC)cc1. The number of quaternary nitrogens is 1. The van der Waals surface area contributed by atoms with E-state index in [9.17, 15) is 9.59 Å². The average Bonchev–Trinajstić information content (AvgIpc) is 2.46. The third-order valence-electron chi connectivity index (χ3n) is 3.41. The van der Waals surface area contributed by atoms with Crippen LogP contribution in [-0.4, -0.2) is 38.5 Å². The Morgan fingerprint density at radius 2 is 1.85 bits per heavy atom. The molecule has 0 spiro atoms. The van der Waals surface area contributed by atoms with E-state index in [-0.39, 0.29) is 17.9 Å². The van der Waals surface area contributed by atoms with E-state index in [1.807, 2.05) is 33.0 Å². The molecule has 2 atom stereocenters. The van der Waals surface area contributed by atoms with E-state index in [0.29, 0.717) is 12.1 Å². The molecular weight excluding hydrogens is 254 g/mol. The topological polar surface area (TPSA) is 62.6 Å². The molecule has 5 heteroatoms. The van der Waals surface area contributed by atoms with Crippen LogP contribution >= 0.6 is 0 Å². The molecule has 1 rings (SSSR count). The predicted octanol–water partition coefficient (Wildman–Crippen LogP) is -0.414. The Morgan fingerprint density at radius 1 is 1.25 bits per heavy atom. The molecule has 0 heterocycles. The fourth-order valence-electron chi connectivity index (χ4n) is 1.94. The van der Waals surface area contributed by atoms with Crippen molar-refractivity contribution < 1.29 is 14.5 Å². The number of carbonyl (C=O) groups excluding carboxylic acids is 2. The molecule has 0 aromatic heterocycles. The summed E-state index contributed by atoms with van der Waals surface area (Å²) >= 11 is 0. The molecule has 0 fully saturated rings. The van der Waals surface area contributed by atoms with Gasteiger partial charge in [0, 0.05) is 24.7 Å². The number of likely N-dealkylation sites (N-methyl/N-ethyl adjacent to an activating group) is 2. The largest absolute Gasteiger partial charge is 0.355 e. The van der Waals surface area contributed by atoms with Crippen molar-refractivity contribution in [3.8, 4) is 0 Å². The van der Waals surface area contributed by atoms with Crippen LogP contribution in [0.25, 0.3) is 0 Å². The van der Waals surface area contributed by atoms with E-state index in [1.54, 1.807) is 19.2 Å². The van der Waals surface area contributed by atoms with Gasteiger partial charge in [-0.25, -0.2) is 0 Å². The first-order chi connectivity index (χ1) is 9.49. The van der Waals surface area contributed by atoms with Crippen LogP contribution in [0.5, 0.6) is 0 Å². The maximum atomic E-state index is 11.8. The first kappa shape index (κ1) is 16.2. The first-order valence-electron chi connectivity index (χ1n) is 6.90. The Morgan fingerprint density at radius 3 is 2.35 bits per heavy atom. The van der Waals surface area contributed by atoms with Gasteiger partial charge >= 0.3 is 0 Å². The second kappa shape index (κ2) is 7.65. The quantitative estimate of drug-likeness (QED) is 0.662. The minimum Gasteiger partial charge on any atom is -0.355 e. The minimum atomic E-state index is -0.103. The molecule has 20 heavy (non-hydrogen) atoms. The zero-order valence-electron chi connectivity index (χ0n) is 12.6. The molecule has 0 bridgehead atoms. The van der Waals surface area contributed by atoms with Crippen LogP contribution in [0.2, 0.25) is 0 Å². The van der Waals surface area contributed by atoms with Gasteiger partial charge in [0.25, 0.3) is 11.8 Å². The zero-order chi connectivity index (χ0) is 15.1. The van der Waals surface area contributed by atoms with Gasteiger partial charge < -0.3 is 15.5 Å². The van der Waals surface area contributed by atoms with Crippen molar-refractivity contribution in [3.63, 3.8) is 0 Å². The van der Waals surface area contributed by atoms with E-state index in [1.165, 1.54) is 0 Å². The van der Waals surface area contributed by atoms with Gasteiger partial charge in [-0.15, -0.1) is 0 Å². The fraction of sp³-hybridized carbons (Fsp3) is 0.467. The minimum absolute atomic E-state index is 0.0620. The molecule has 1 aromatic carbocycles. The highest BCUT2D eigenvalue weighted by molar-refractivity contribution is 5.93. The lowest BCUT2D eigenvalue weighted by Gasteiger charge is -2.20. The lowest BCUT2D eigenvalue weighted by molar-refractivity contribution is -0.908. The highest BCUT2D eigenvalue weighted by Crippen LogP contribution is 2.03. The van der Waals surface area contributed by atoms with Crippen molar-refractivity contribution in [1.29, 1.82) is 0 Å². The number of hydrogen-bond donors (Lipinski definition) is 3. The van der Waals surface area contributed by atoms with Gasteiger partial charge in [0.05, 0.1) is 7.05 Å². The van der Waals surface area contributed by atoms with Gasteiger partial charge in [0.15, 0.2) is 6.04 Å². The Balaban J connectivity index is 2.64. The third-order valence-corrected chi connectivity index (χ3v) is 3.41. The van der Waals surface area contributed by atoms with Crippen molar-refractivity contribution in [1.82, 2.24) is 10.6 Å². The Labute approximate surface area is 120 Å². The van der Waals surface area contributed by atoms with Crippen molar-refractivity contribution in [2.75, 3.05) is 20.6 Å². The lowest BCUT2D eigenvalue weighted by Crippen LogP contribution is -3.12. The molecule has 0 radical (unpaired) electrons. The summed E-state index contributed by atoms with van der Waals surface area (Å²) < 4.78 is 0. The Kier molecular flexibility index (Phi) is 6.18. The number of benzene rings is 1. The van der Waals surface area contributed by atoms with Crippen molar-refractivity contribution >= 4 is 11.8 Å². The maximum absolute atomic E-state index is 11.8. The summed E-state index contributed by atoms with van der Waals surface area (Å²) in [6, 6.07) is 7.36. The van der Waals surface area contributed by atoms with E-state index < -0.39 is 0 Å². The van der Waals surface area contributed by atoms with Gasteiger partial charge in [-0.2, -0.15) is 0 Å². The standard InChI is InChI=1S/C15H23N3O2/c1-5-17-14(19)11(2)18(4)10-12-6-8-13(9-7-12)15(20)16-3/h6-9,11H,5,10H2,1-4H3,(H,16,20)(H,17,19)/p+1/t11-/m0/s1. The smallest absolute Gasteiger partial charge is 0.278 e. The molecule has 0 saturated carbocycles. The molecule has 2 amide bonds. The molecule has 3 N–H and O–H groups in total. The highest BCUT2D eigenvalue weighted by Gasteiger charge is 2.21. The van der Waals surface area contributed by atoms with Crippen LogP contribution in [0.4, 0.5) is 0 Å². The molecule has 0 saturated heterocycles. The van der Waals surface area contributed by atoms with E-state index >= 15 is 0 Å². The second-order valence-electron chi connectivity index (χ2n) is 4.92. The number of carbonyl (C=O) groups is 2. The lowest BCUT2D eigenvalue weighted by atomic mass is 10.1. The van der Waals surface area contributed by atoms with Crippen LogP contribution in [0.1, 0.15) is 29.8 Å². The normalized spacial score (nSPS) is 13.4. The zero-order valence-corrected chi connectivity index (χ0v) is 12.6. The molecule has 0 aliphatic heterocycles. The van der Waals surface area contributed by atoms with E-state index in [4.69, 9.17) is 0 Å². The summed E-state index contributed by atoms with van der Waals surface area (Å²) in [6.45, 7) is 5.22. The van der Waals surface area contributed by atoms with Gasteiger partial charge in [0.2, 0.25) is 0 Å². The number of nitrogens with one attached hydrogen (secondary N) is 3. The van der Waals surface area contributed by atoms with Crippen molar-refractivity contribution in [2.45, 2.75) is 26.4 Å². The Hall–Kier alpha value is -1.88. The monoisotopic (exact) mass is 278 g/mol. The number of rotatable bonds is 6. The fourth-order valence-corrected chi connectivity index (χ4v) is 1.94. The van der Waals surface area contributed by atoms with Gasteiger partial charge in [-0.05, 0) is 26.0 Å².